The van der Waals surface area contributed by atoms with Crippen LogP contribution in [0.25, 0.3) is 0 Å². The van der Waals surface area contributed by atoms with Crippen LogP contribution in [0, 0.1) is 0 Å². The number of nitrogens with one attached hydrogen (secondary N) is 1. The van der Waals surface area contributed by atoms with Gasteiger partial charge >= 0.3 is 6.09 Å². The van der Waals surface area contributed by atoms with Gasteiger partial charge in [0.05, 0.1) is 0 Å². The van der Waals surface area contributed by atoms with Crippen LogP contribution in [0.2, 0.25) is 0 Å². The molecular formula is C19H30N2O2. The quantitative estimate of drug-likeness (QED) is 0.922. The number of likely N-dealkylation sites (tertiary alicyclic amines) is 1. The normalized spacial score (nSPS) is 19.3. The number of hydrogen-bond donors (Lipinski definition) is 1. The minimum atomic E-state index is -0.420. The number of carbonyl (C=O) groups excluding carboxylic acids is 1. The number of benzene rings is 1. The van der Waals surface area contributed by atoms with Crippen LogP contribution in [-0.2, 0) is 11.2 Å². The van der Waals surface area contributed by atoms with Crippen LogP contribution in [0.3, 0.4) is 0 Å². The fourth-order valence-corrected chi connectivity index (χ4v) is 2.87. The standard InChI is InChI=1S/C19H30N2O2/c1-19(2,3)23-18(22)21-14-7-10-17(12-15-21)20-13-11-16-8-5-4-6-9-16/h4-6,8-9,17,20H,7,10-15H2,1-3H3. The summed E-state index contributed by atoms with van der Waals surface area (Å²) >= 11 is 0. The number of amides is 1. The Hall–Kier alpha value is -1.55. The summed E-state index contributed by atoms with van der Waals surface area (Å²) in [7, 11) is 0. The molecule has 1 saturated heterocycles. The molecule has 0 bridgehead atoms. The lowest BCUT2D eigenvalue weighted by Gasteiger charge is -2.26. The first-order valence-electron chi connectivity index (χ1n) is 8.69. The van der Waals surface area contributed by atoms with Gasteiger partial charge in [-0.3, -0.25) is 0 Å². The molecule has 0 spiro atoms. The van der Waals surface area contributed by atoms with E-state index in [0.717, 1.165) is 45.3 Å². The lowest BCUT2D eigenvalue weighted by Crippen LogP contribution is -2.38. The van der Waals surface area contributed by atoms with Crippen molar-refractivity contribution in [2.24, 2.45) is 0 Å². The van der Waals surface area contributed by atoms with Crippen molar-refractivity contribution < 1.29 is 9.53 Å². The molecule has 1 aromatic carbocycles. The van der Waals surface area contributed by atoms with Gasteiger partial charge in [0, 0.05) is 19.1 Å². The predicted molar refractivity (Wildman–Crippen MR) is 93.6 cm³/mol. The average Bonchev–Trinajstić information content (AvgIpc) is 2.72. The topological polar surface area (TPSA) is 41.6 Å². The van der Waals surface area contributed by atoms with E-state index >= 15 is 0 Å². The molecule has 0 radical (unpaired) electrons. The maximum absolute atomic E-state index is 12.2. The molecule has 1 N–H and O–H groups in total. The molecule has 0 saturated carbocycles. The van der Waals surface area contributed by atoms with Crippen molar-refractivity contribution in [1.29, 1.82) is 0 Å². The highest BCUT2D eigenvalue weighted by Crippen LogP contribution is 2.15. The average molecular weight is 318 g/mol. The zero-order chi connectivity index (χ0) is 16.7. The van der Waals surface area contributed by atoms with Gasteiger partial charge in [0.2, 0.25) is 0 Å². The van der Waals surface area contributed by atoms with E-state index < -0.39 is 5.60 Å². The highest BCUT2D eigenvalue weighted by molar-refractivity contribution is 5.68. The Balaban J connectivity index is 1.72. The van der Waals surface area contributed by atoms with E-state index in [1.54, 1.807) is 0 Å². The molecule has 1 aliphatic rings. The Bertz CT molecular complexity index is 482. The van der Waals surface area contributed by atoms with Gasteiger partial charge in [-0.25, -0.2) is 4.79 Å². The molecule has 1 aromatic rings. The van der Waals surface area contributed by atoms with E-state index in [2.05, 4.69) is 29.6 Å². The first kappa shape index (κ1) is 17.8. The van der Waals surface area contributed by atoms with Crippen molar-refractivity contribution >= 4 is 6.09 Å². The molecule has 1 fully saturated rings. The molecule has 1 atom stereocenters. The maximum Gasteiger partial charge on any atom is 0.410 e. The Morgan fingerprint density at radius 2 is 1.96 bits per heavy atom. The summed E-state index contributed by atoms with van der Waals surface area (Å²) in [4.78, 5) is 14.0. The van der Waals surface area contributed by atoms with E-state index in [4.69, 9.17) is 4.74 Å². The fraction of sp³-hybridized carbons (Fsp3) is 0.632. The minimum absolute atomic E-state index is 0.178. The zero-order valence-corrected chi connectivity index (χ0v) is 14.7. The zero-order valence-electron chi connectivity index (χ0n) is 14.7. The second kappa shape index (κ2) is 8.34. The fourth-order valence-electron chi connectivity index (χ4n) is 2.87. The molecule has 0 aliphatic carbocycles. The Labute approximate surface area is 140 Å². The van der Waals surface area contributed by atoms with Gasteiger partial charge in [0.15, 0.2) is 0 Å². The molecule has 1 heterocycles. The van der Waals surface area contributed by atoms with Gasteiger partial charge in [-0.05, 0) is 58.6 Å². The van der Waals surface area contributed by atoms with Crippen molar-refractivity contribution in [1.82, 2.24) is 10.2 Å². The summed E-state index contributed by atoms with van der Waals surface area (Å²) in [6.07, 6.45) is 4.01. The van der Waals surface area contributed by atoms with Crippen molar-refractivity contribution in [3.8, 4) is 0 Å². The molecule has 1 aliphatic heterocycles. The van der Waals surface area contributed by atoms with Gasteiger partial charge in [-0.1, -0.05) is 30.3 Å². The van der Waals surface area contributed by atoms with Gasteiger partial charge < -0.3 is 15.0 Å². The summed E-state index contributed by atoms with van der Waals surface area (Å²) in [6, 6.07) is 11.0. The van der Waals surface area contributed by atoms with Crippen molar-refractivity contribution in [2.75, 3.05) is 19.6 Å². The first-order chi connectivity index (χ1) is 10.9. The van der Waals surface area contributed by atoms with Crippen LogP contribution in [0.5, 0.6) is 0 Å². The molecule has 1 unspecified atom stereocenters. The highest BCUT2D eigenvalue weighted by atomic mass is 16.6. The smallest absolute Gasteiger partial charge is 0.410 e. The molecule has 1 amide bonds. The van der Waals surface area contributed by atoms with Crippen LogP contribution < -0.4 is 5.32 Å². The Morgan fingerprint density at radius 3 is 2.65 bits per heavy atom. The van der Waals surface area contributed by atoms with E-state index in [9.17, 15) is 4.79 Å². The van der Waals surface area contributed by atoms with Crippen LogP contribution in [0.4, 0.5) is 4.79 Å². The number of hydrogen-bond acceptors (Lipinski definition) is 3. The van der Waals surface area contributed by atoms with Crippen molar-refractivity contribution in [3.63, 3.8) is 0 Å². The van der Waals surface area contributed by atoms with Crippen LogP contribution in [0.1, 0.15) is 45.6 Å². The SMILES string of the molecule is CC(C)(C)OC(=O)N1CCCC(NCCc2ccccc2)CC1. The maximum atomic E-state index is 12.2. The third kappa shape index (κ3) is 6.61. The Morgan fingerprint density at radius 1 is 1.22 bits per heavy atom. The summed E-state index contributed by atoms with van der Waals surface area (Å²) in [5.41, 5.74) is 0.945. The molecule has 4 heteroatoms. The van der Waals surface area contributed by atoms with E-state index in [-0.39, 0.29) is 6.09 Å². The third-order valence-electron chi connectivity index (χ3n) is 4.07. The van der Waals surface area contributed by atoms with Gasteiger partial charge in [-0.15, -0.1) is 0 Å². The lowest BCUT2D eigenvalue weighted by atomic mass is 10.1. The second-order valence-corrected chi connectivity index (χ2v) is 7.28. The van der Waals surface area contributed by atoms with Crippen molar-refractivity contribution in [3.05, 3.63) is 35.9 Å². The largest absolute Gasteiger partial charge is 0.444 e. The number of rotatable bonds is 4. The lowest BCUT2D eigenvalue weighted by molar-refractivity contribution is 0.0256. The first-order valence-corrected chi connectivity index (χ1v) is 8.69. The number of carbonyl (C=O) groups is 1. The van der Waals surface area contributed by atoms with Crippen LogP contribution in [0.15, 0.2) is 30.3 Å². The van der Waals surface area contributed by atoms with E-state index in [0.29, 0.717) is 6.04 Å². The van der Waals surface area contributed by atoms with Crippen LogP contribution >= 0.6 is 0 Å². The number of nitrogens with zero attached hydrogens (tertiary/aromatic N) is 1. The third-order valence-corrected chi connectivity index (χ3v) is 4.07. The van der Waals surface area contributed by atoms with E-state index in [1.165, 1.54) is 5.56 Å². The predicted octanol–water partition coefficient (Wildman–Crippen LogP) is 3.61. The summed E-state index contributed by atoms with van der Waals surface area (Å²) in [5.74, 6) is 0. The highest BCUT2D eigenvalue weighted by Gasteiger charge is 2.24. The molecule has 0 aromatic heterocycles. The summed E-state index contributed by atoms with van der Waals surface area (Å²) in [6.45, 7) is 8.30. The summed E-state index contributed by atoms with van der Waals surface area (Å²) in [5, 5.41) is 3.64. The molecular weight excluding hydrogens is 288 g/mol. The second-order valence-electron chi connectivity index (χ2n) is 7.28. The summed E-state index contributed by atoms with van der Waals surface area (Å²) < 4.78 is 5.47. The molecule has 4 nitrogen and oxygen atoms in total. The molecule has 2 rings (SSSR count). The Kier molecular flexibility index (Phi) is 6.46. The molecule has 128 valence electrons. The van der Waals surface area contributed by atoms with E-state index in [1.807, 2.05) is 31.7 Å². The minimum Gasteiger partial charge on any atom is -0.444 e. The number of ether oxygens (including phenoxy) is 1. The van der Waals surface area contributed by atoms with Gasteiger partial charge in [0.25, 0.3) is 0 Å². The van der Waals surface area contributed by atoms with Crippen molar-refractivity contribution in [2.45, 2.75) is 58.1 Å². The monoisotopic (exact) mass is 318 g/mol. The van der Waals surface area contributed by atoms with Crippen LogP contribution in [-0.4, -0.2) is 42.3 Å². The van der Waals surface area contributed by atoms with Gasteiger partial charge in [-0.2, -0.15) is 0 Å². The molecule has 23 heavy (non-hydrogen) atoms. The van der Waals surface area contributed by atoms with Gasteiger partial charge in [0.1, 0.15) is 5.60 Å².